The van der Waals surface area contributed by atoms with E-state index in [1.54, 1.807) is 7.11 Å². The lowest BCUT2D eigenvalue weighted by atomic mass is 9.94. The molecular weight excluding hydrogens is 130 g/mol. The SMILES string of the molecule is COC(C)C(C)(N)CCO. The Balaban J connectivity index is 3.82. The molecule has 0 amide bonds. The Hall–Kier alpha value is -0.120. The maximum absolute atomic E-state index is 8.61. The molecule has 0 aromatic rings. The zero-order chi connectivity index (χ0) is 8.20. The number of rotatable bonds is 4. The van der Waals surface area contributed by atoms with E-state index >= 15 is 0 Å². The maximum Gasteiger partial charge on any atom is 0.0720 e. The van der Waals surface area contributed by atoms with Crippen LogP contribution in [0.15, 0.2) is 0 Å². The van der Waals surface area contributed by atoms with Crippen molar-refractivity contribution in [2.24, 2.45) is 5.73 Å². The summed E-state index contributed by atoms with van der Waals surface area (Å²) in [5, 5.41) is 8.61. The van der Waals surface area contributed by atoms with E-state index in [2.05, 4.69) is 0 Å². The molecule has 0 fully saturated rings. The van der Waals surface area contributed by atoms with Gasteiger partial charge in [-0.25, -0.2) is 0 Å². The molecule has 3 nitrogen and oxygen atoms in total. The molecule has 0 bridgehead atoms. The van der Waals surface area contributed by atoms with Crippen molar-refractivity contribution in [3.05, 3.63) is 0 Å². The van der Waals surface area contributed by atoms with Crippen molar-refractivity contribution in [3.63, 3.8) is 0 Å². The molecule has 0 aliphatic rings. The molecule has 0 aliphatic carbocycles. The summed E-state index contributed by atoms with van der Waals surface area (Å²) in [5.74, 6) is 0. The fraction of sp³-hybridized carbons (Fsp3) is 1.00. The Kier molecular flexibility index (Phi) is 3.86. The number of aliphatic hydroxyl groups excluding tert-OH is 1. The van der Waals surface area contributed by atoms with Crippen molar-refractivity contribution >= 4 is 0 Å². The normalized spacial score (nSPS) is 20.1. The molecule has 0 radical (unpaired) electrons. The van der Waals surface area contributed by atoms with Gasteiger partial charge in [0.2, 0.25) is 0 Å². The second-order valence-corrected chi connectivity index (χ2v) is 2.86. The number of ether oxygens (including phenoxy) is 1. The summed E-state index contributed by atoms with van der Waals surface area (Å²) in [7, 11) is 1.62. The molecule has 3 N–H and O–H groups in total. The molecule has 0 aromatic heterocycles. The van der Waals surface area contributed by atoms with Crippen molar-refractivity contribution < 1.29 is 9.84 Å². The van der Waals surface area contributed by atoms with Gasteiger partial charge in [-0.1, -0.05) is 0 Å². The average Bonchev–Trinajstić information content (AvgIpc) is 1.86. The van der Waals surface area contributed by atoms with Gasteiger partial charge in [0.1, 0.15) is 0 Å². The Morgan fingerprint density at radius 3 is 2.50 bits per heavy atom. The average molecular weight is 147 g/mol. The van der Waals surface area contributed by atoms with Crippen LogP contribution in [0, 0.1) is 0 Å². The molecule has 0 saturated carbocycles. The van der Waals surface area contributed by atoms with Crippen molar-refractivity contribution in [3.8, 4) is 0 Å². The highest BCUT2D eigenvalue weighted by molar-refractivity contribution is 4.84. The molecule has 10 heavy (non-hydrogen) atoms. The van der Waals surface area contributed by atoms with Crippen LogP contribution in [0.25, 0.3) is 0 Å². The van der Waals surface area contributed by atoms with Crippen LogP contribution >= 0.6 is 0 Å². The van der Waals surface area contributed by atoms with Gasteiger partial charge in [-0.05, 0) is 20.3 Å². The first-order valence-corrected chi connectivity index (χ1v) is 3.47. The fourth-order valence-corrected chi connectivity index (χ4v) is 0.713. The van der Waals surface area contributed by atoms with Gasteiger partial charge < -0.3 is 15.6 Å². The summed E-state index contributed by atoms with van der Waals surface area (Å²) < 4.78 is 5.03. The van der Waals surface area contributed by atoms with E-state index in [9.17, 15) is 0 Å². The van der Waals surface area contributed by atoms with Gasteiger partial charge in [0.15, 0.2) is 0 Å². The van der Waals surface area contributed by atoms with Gasteiger partial charge in [0.05, 0.1) is 6.10 Å². The molecular formula is C7H17NO2. The van der Waals surface area contributed by atoms with Crippen LogP contribution in [-0.4, -0.2) is 30.5 Å². The van der Waals surface area contributed by atoms with E-state index in [4.69, 9.17) is 15.6 Å². The van der Waals surface area contributed by atoms with Crippen molar-refractivity contribution in [1.82, 2.24) is 0 Å². The molecule has 0 aromatic carbocycles. The summed E-state index contributed by atoms with van der Waals surface area (Å²) in [4.78, 5) is 0. The molecule has 2 atom stereocenters. The second-order valence-electron chi connectivity index (χ2n) is 2.86. The largest absolute Gasteiger partial charge is 0.396 e. The van der Waals surface area contributed by atoms with Gasteiger partial charge in [-0.15, -0.1) is 0 Å². The van der Waals surface area contributed by atoms with Crippen LogP contribution in [-0.2, 0) is 4.74 Å². The summed E-state index contributed by atoms with van der Waals surface area (Å²) >= 11 is 0. The van der Waals surface area contributed by atoms with Crippen molar-refractivity contribution in [2.45, 2.75) is 31.9 Å². The first-order chi connectivity index (χ1) is 4.54. The Labute approximate surface area is 62.2 Å². The number of nitrogens with two attached hydrogens (primary N) is 1. The number of hydrogen-bond acceptors (Lipinski definition) is 3. The lowest BCUT2D eigenvalue weighted by Gasteiger charge is -2.29. The van der Waals surface area contributed by atoms with E-state index < -0.39 is 5.54 Å². The molecule has 0 heterocycles. The van der Waals surface area contributed by atoms with Gasteiger partial charge in [0.25, 0.3) is 0 Å². The number of hydrogen-bond donors (Lipinski definition) is 2. The third-order valence-electron chi connectivity index (χ3n) is 1.93. The zero-order valence-electron chi connectivity index (χ0n) is 6.92. The molecule has 62 valence electrons. The molecule has 3 heteroatoms. The lowest BCUT2D eigenvalue weighted by Crippen LogP contribution is -2.48. The quantitative estimate of drug-likeness (QED) is 0.594. The first-order valence-electron chi connectivity index (χ1n) is 3.47. The number of methoxy groups -OCH3 is 1. The van der Waals surface area contributed by atoms with Crippen LogP contribution in [0.4, 0.5) is 0 Å². The maximum atomic E-state index is 8.61. The van der Waals surface area contributed by atoms with Crippen LogP contribution in [0.2, 0.25) is 0 Å². The second kappa shape index (κ2) is 3.91. The molecule has 0 rings (SSSR count). The predicted molar refractivity (Wildman–Crippen MR) is 40.8 cm³/mol. The summed E-state index contributed by atoms with van der Waals surface area (Å²) in [5.41, 5.74) is 5.38. The highest BCUT2D eigenvalue weighted by Crippen LogP contribution is 2.12. The van der Waals surface area contributed by atoms with E-state index in [1.165, 1.54) is 0 Å². The van der Waals surface area contributed by atoms with E-state index in [0.717, 1.165) is 0 Å². The minimum atomic E-state index is -0.413. The first kappa shape index (κ1) is 9.88. The topological polar surface area (TPSA) is 55.5 Å². The molecule has 0 saturated heterocycles. The smallest absolute Gasteiger partial charge is 0.0720 e. The molecule has 2 unspecified atom stereocenters. The minimum Gasteiger partial charge on any atom is -0.396 e. The fourth-order valence-electron chi connectivity index (χ4n) is 0.713. The molecule has 0 aliphatic heterocycles. The summed E-state index contributed by atoms with van der Waals surface area (Å²) in [6, 6.07) is 0. The standard InChI is InChI=1S/C7H17NO2/c1-6(10-3)7(2,8)4-5-9/h6,9H,4-5,8H2,1-3H3. The monoisotopic (exact) mass is 147 g/mol. The summed E-state index contributed by atoms with van der Waals surface area (Å²) in [6.45, 7) is 3.88. The molecule has 0 spiro atoms. The van der Waals surface area contributed by atoms with E-state index in [-0.39, 0.29) is 12.7 Å². The van der Waals surface area contributed by atoms with Crippen LogP contribution in [0.3, 0.4) is 0 Å². The van der Waals surface area contributed by atoms with Crippen LogP contribution in [0.1, 0.15) is 20.3 Å². The Morgan fingerprint density at radius 2 is 2.20 bits per heavy atom. The minimum absolute atomic E-state index is 0.0142. The number of aliphatic hydroxyl groups is 1. The zero-order valence-corrected chi connectivity index (χ0v) is 6.92. The van der Waals surface area contributed by atoms with Gasteiger partial charge in [-0.3, -0.25) is 0 Å². The van der Waals surface area contributed by atoms with Crippen molar-refractivity contribution in [1.29, 1.82) is 0 Å². The van der Waals surface area contributed by atoms with Gasteiger partial charge in [0, 0.05) is 19.3 Å². The van der Waals surface area contributed by atoms with Gasteiger partial charge in [-0.2, -0.15) is 0 Å². The van der Waals surface area contributed by atoms with Gasteiger partial charge >= 0.3 is 0 Å². The third-order valence-corrected chi connectivity index (χ3v) is 1.93. The summed E-state index contributed by atoms with van der Waals surface area (Å²) in [6.07, 6.45) is 0.557. The van der Waals surface area contributed by atoms with Crippen molar-refractivity contribution in [2.75, 3.05) is 13.7 Å². The highest BCUT2D eigenvalue weighted by atomic mass is 16.5. The van der Waals surface area contributed by atoms with Crippen LogP contribution in [0.5, 0.6) is 0 Å². The highest BCUT2D eigenvalue weighted by Gasteiger charge is 2.25. The lowest BCUT2D eigenvalue weighted by molar-refractivity contribution is 0.0446. The van der Waals surface area contributed by atoms with E-state index in [1.807, 2.05) is 13.8 Å². The predicted octanol–water partition coefficient (Wildman–Crippen LogP) is 0.121. The third kappa shape index (κ3) is 2.64. The van der Waals surface area contributed by atoms with E-state index in [0.29, 0.717) is 6.42 Å². The Bertz CT molecular complexity index is 93.6. The van der Waals surface area contributed by atoms with Crippen LogP contribution < -0.4 is 5.73 Å². The Morgan fingerprint density at radius 1 is 1.70 bits per heavy atom.